The van der Waals surface area contributed by atoms with Crippen molar-refractivity contribution in [2.24, 2.45) is 0 Å². The van der Waals surface area contributed by atoms with Gasteiger partial charge < -0.3 is 15.2 Å². The molecule has 0 fully saturated rings. The molecule has 2 N–H and O–H groups in total. The van der Waals surface area contributed by atoms with Crippen LogP contribution in [0, 0.1) is 17.0 Å². The number of benzene rings is 2. The number of amides is 1. The topological polar surface area (TPSA) is 120 Å². The van der Waals surface area contributed by atoms with Crippen LogP contribution in [0.1, 0.15) is 16.1 Å². The van der Waals surface area contributed by atoms with Gasteiger partial charge >= 0.3 is 0 Å². The molecular weight excluding hydrogens is 352 g/mol. The zero-order valence-electron chi connectivity index (χ0n) is 14.3. The van der Waals surface area contributed by atoms with Crippen LogP contribution in [-0.4, -0.2) is 25.7 Å². The first-order valence-electron chi connectivity index (χ1n) is 7.94. The lowest BCUT2D eigenvalue weighted by Gasteiger charge is -2.08. The number of rotatable bonds is 6. The molecule has 0 aliphatic carbocycles. The minimum absolute atomic E-state index is 0.0695. The first-order valence-corrected chi connectivity index (χ1v) is 7.94. The number of ether oxygens (including phenoxy) is 1. The number of para-hydroxylation sites is 1. The van der Waals surface area contributed by atoms with Crippen molar-refractivity contribution < 1.29 is 19.6 Å². The molecule has 0 saturated carbocycles. The summed E-state index contributed by atoms with van der Waals surface area (Å²) in [5.41, 5.74) is 0.734. The van der Waals surface area contributed by atoms with Crippen molar-refractivity contribution >= 4 is 17.3 Å². The number of phenols is 1. The predicted octanol–water partition coefficient (Wildman–Crippen LogP) is 3.09. The van der Waals surface area contributed by atoms with Gasteiger partial charge in [0, 0.05) is 18.3 Å². The third kappa shape index (κ3) is 4.21. The summed E-state index contributed by atoms with van der Waals surface area (Å²) < 4.78 is 7.09. The monoisotopic (exact) mass is 368 g/mol. The van der Waals surface area contributed by atoms with E-state index >= 15 is 0 Å². The molecule has 9 heteroatoms. The molecule has 9 nitrogen and oxygen atoms in total. The molecule has 0 radical (unpaired) electrons. The zero-order valence-corrected chi connectivity index (χ0v) is 14.3. The van der Waals surface area contributed by atoms with E-state index in [-0.39, 0.29) is 29.5 Å². The summed E-state index contributed by atoms with van der Waals surface area (Å²) in [7, 11) is 0. The van der Waals surface area contributed by atoms with Gasteiger partial charge in [-0.1, -0.05) is 18.2 Å². The molecular formula is C18H16N4O5. The number of phenolic OH excluding ortho intramolecular Hbond substituents is 1. The largest absolute Gasteiger partial charge is 0.506 e. The Hall–Kier alpha value is -3.88. The average molecular weight is 368 g/mol. The highest BCUT2D eigenvalue weighted by molar-refractivity contribution is 6.03. The average Bonchev–Trinajstić information content (AvgIpc) is 3.12. The van der Waals surface area contributed by atoms with Gasteiger partial charge in [-0.05, 0) is 30.7 Å². The van der Waals surface area contributed by atoms with Gasteiger partial charge in [-0.2, -0.15) is 5.10 Å². The number of non-ortho nitro benzene ring substituents is 1. The van der Waals surface area contributed by atoms with Gasteiger partial charge in [0.2, 0.25) is 0 Å². The van der Waals surface area contributed by atoms with Crippen LogP contribution in [0.2, 0.25) is 0 Å². The Morgan fingerprint density at radius 3 is 2.81 bits per heavy atom. The minimum atomic E-state index is -0.618. The highest BCUT2D eigenvalue weighted by Gasteiger charge is 2.15. The van der Waals surface area contributed by atoms with Gasteiger partial charge in [-0.15, -0.1) is 0 Å². The van der Waals surface area contributed by atoms with Crippen molar-refractivity contribution in [3.05, 3.63) is 76.1 Å². The SMILES string of the molecule is Cc1ccccc1OCn1ccc(C(=O)Nc2cc([N+](=O)[O-])ccc2O)n1. The van der Waals surface area contributed by atoms with E-state index in [0.29, 0.717) is 5.75 Å². The third-order valence-corrected chi connectivity index (χ3v) is 3.76. The van der Waals surface area contributed by atoms with Crippen molar-refractivity contribution in [2.45, 2.75) is 13.7 Å². The Labute approximate surface area is 154 Å². The number of aromatic nitrogens is 2. The molecule has 0 aliphatic rings. The fourth-order valence-corrected chi connectivity index (χ4v) is 2.33. The molecule has 3 aromatic rings. The van der Waals surface area contributed by atoms with E-state index < -0.39 is 10.8 Å². The number of nitrogens with one attached hydrogen (secondary N) is 1. The molecule has 0 atom stereocenters. The van der Waals surface area contributed by atoms with Crippen LogP contribution in [0.25, 0.3) is 0 Å². The molecule has 1 heterocycles. The van der Waals surface area contributed by atoms with Crippen molar-refractivity contribution in [3.63, 3.8) is 0 Å². The second kappa shape index (κ2) is 7.56. The molecule has 0 spiro atoms. The van der Waals surface area contributed by atoms with Crippen LogP contribution in [0.15, 0.2) is 54.7 Å². The molecule has 0 bridgehead atoms. The summed E-state index contributed by atoms with van der Waals surface area (Å²) in [5, 5.41) is 27.1. The number of nitrogens with zero attached hydrogens (tertiary/aromatic N) is 3. The van der Waals surface area contributed by atoms with Gasteiger partial charge in [-0.3, -0.25) is 14.9 Å². The standard InChI is InChI=1S/C18H16N4O5/c1-12-4-2-3-5-17(12)27-11-21-9-8-14(20-21)18(24)19-15-10-13(22(25)26)6-7-16(15)23/h2-10,23H,11H2,1H3,(H,19,24). The number of aromatic hydroxyl groups is 1. The molecule has 3 rings (SSSR count). The number of hydrogen-bond donors (Lipinski definition) is 2. The van der Waals surface area contributed by atoms with Crippen LogP contribution in [0.5, 0.6) is 11.5 Å². The van der Waals surface area contributed by atoms with Gasteiger partial charge in [0.05, 0.1) is 10.6 Å². The van der Waals surface area contributed by atoms with Gasteiger partial charge in [-0.25, -0.2) is 4.68 Å². The van der Waals surface area contributed by atoms with Crippen molar-refractivity contribution in [1.29, 1.82) is 0 Å². The highest BCUT2D eigenvalue weighted by Crippen LogP contribution is 2.28. The number of carbonyl (C=O) groups excluding carboxylic acids is 1. The summed E-state index contributed by atoms with van der Waals surface area (Å²) in [6.07, 6.45) is 1.57. The van der Waals surface area contributed by atoms with E-state index in [2.05, 4.69) is 10.4 Å². The van der Waals surface area contributed by atoms with Crippen molar-refractivity contribution in [2.75, 3.05) is 5.32 Å². The second-order valence-corrected chi connectivity index (χ2v) is 5.69. The molecule has 1 amide bonds. The fraction of sp³-hybridized carbons (Fsp3) is 0.111. The smallest absolute Gasteiger partial charge is 0.276 e. The molecule has 1 aromatic heterocycles. The number of anilines is 1. The van der Waals surface area contributed by atoms with Crippen LogP contribution in [0.4, 0.5) is 11.4 Å². The Bertz CT molecular complexity index is 999. The molecule has 0 aliphatic heterocycles. The van der Waals surface area contributed by atoms with Crippen molar-refractivity contribution in [1.82, 2.24) is 9.78 Å². The predicted molar refractivity (Wildman–Crippen MR) is 96.7 cm³/mol. The normalized spacial score (nSPS) is 10.4. The van der Waals surface area contributed by atoms with Crippen LogP contribution < -0.4 is 10.1 Å². The highest BCUT2D eigenvalue weighted by atomic mass is 16.6. The maximum atomic E-state index is 12.3. The molecule has 0 saturated heterocycles. The first kappa shape index (κ1) is 17.9. The van der Waals surface area contributed by atoms with Crippen molar-refractivity contribution in [3.8, 4) is 11.5 Å². The molecule has 0 unspecified atom stereocenters. The summed E-state index contributed by atoms with van der Waals surface area (Å²) in [6.45, 7) is 2.03. The van der Waals surface area contributed by atoms with E-state index in [1.165, 1.54) is 10.7 Å². The number of aryl methyl sites for hydroxylation is 1. The number of nitro benzene ring substituents is 1. The Morgan fingerprint density at radius 1 is 1.30 bits per heavy atom. The lowest BCUT2D eigenvalue weighted by molar-refractivity contribution is -0.384. The van der Waals surface area contributed by atoms with E-state index in [0.717, 1.165) is 23.8 Å². The third-order valence-electron chi connectivity index (χ3n) is 3.76. The zero-order chi connectivity index (χ0) is 19.4. The van der Waals surface area contributed by atoms with Gasteiger partial charge in [0.15, 0.2) is 12.4 Å². The number of nitro groups is 1. The Balaban J connectivity index is 1.67. The van der Waals surface area contributed by atoms with E-state index in [1.807, 2.05) is 31.2 Å². The Morgan fingerprint density at radius 2 is 2.07 bits per heavy atom. The lowest BCUT2D eigenvalue weighted by atomic mass is 10.2. The summed E-state index contributed by atoms with van der Waals surface area (Å²) >= 11 is 0. The van der Waals surface area contributed by atoms with Crippen LogP contribution in [0.3, 0.4) is 0 Å². The van der Waals surface area contributed by atoms with E-state index in [1.54, 1.807) is 6.20 Å². The fourth-order valence-electron chi connectivity index (χ4n) is 2.33. The minimum Gasteiger partial charge on any atom is -0.506 e. The van der Waals surface area contributed by atoms with E-state index in [9.17, 15) is 20.0 Å². The number of hydrogen-bond acceptors (Lipinski definition) is 6. The van der Waals surface area contributed by atoms with E-state index in [4.69, 9.17) is 4.74 Å². The number of carbonyl (C=O) groups is 1. The molecule has 27 heavy (non-hydrogen) atoms. The second-order valence-electron chi connectivity index (χ2n) is 5.69. The quantitative estimate of drug-likeness (QED) is 0.392. The summed E-state index contributed by atoms with van der Waals surface area (Å²) in [5.74, 6) is -0.183. The maximum Gasteiger partial charge on any atom is 0.276 e. The summed E-state index contributed by atoms with van der Waals surface area (Å²) in [4.78, 5) is 22.5. The summed E-state index contributed by atoms with van der Waals surface area (Å²) in [6, 6.07) is 12.3. The molecule has 138 valence electrons. The van der Waals surface area contributed by atoms with Crippen LogP contribution >= 0.6 is 0 Å². The van der Waals surface area contributed by atoms with Gasteiger partial charge in [0.1, 0.15) is 11.5 Å². The Kier molecular flexibility index (Phi) is 5.02. The first-order chi connectivity index (χ1) is 12.9. The lowest BCUT2D eigenvalue weighted by Crippen LogP contribution is -2.14. The van der Waals surface area contributed by atoms with Gasteiger partial charge in [0.25, 0.3) is 11.6 Å². The van der Waals surface area contributed by atoms with Crippen LogP contribution in [-0.2, 0) is 6.73 Å². The molecule has 2 aromatic carbocycles. The maximum absolute atomic E-state index is 12.3.